The minimum Gasteiger partial charge on any atom is -1.00 e. The first-order valence-corrected chi connectivity index (χ1v) is 29.3. The second-order valence-corrected chi connectivity index (χ2v) is 21.8. The molecule has 1 atom stereocenters. The van der Waals surface area contributed by atoms with Crippen molar-refractivity contribution in [3.63, 3.8) is 0 Å². The number of hydrogen-bond donors (Lipinski definition) is 1. The van der Waals surface area contributed by atoms with E-state index >= 15 is 0 Å². The van der Waals surface area contributed by atoms with Gasteiger partial charge in [0.1, 0.15) is 31.9 Å². The van der Waals surface area contributed by atoms with E-state index in [0.717, 1.165) is 94.7 Å². The molecule has 410 valence electrons. The monoisotopic (exact) mass is 1010 g/mol. The Bertz CT molecular complexity index is 1240. The average Bonchev–Trinajstić information content (AvgIpc) is 3.34. The van der Waals surface area contributed by atoms with Crippen LogP contribution < -0.4 is 17.7 Å². The second kappa shape index (κ2) is 43.0. The lowest BCUT2D eigenvalue weighted by molar-refractivity contribution is -0.928. The number of rotatable bonds is 47. The number of esters is 4. The highest BCUT2D eigenvalue weighted by molar-refractivity contribution is 5.82. The normalized spacial score (nSPS) is 17.4. The molecule has 12 heteroatoms. The van der Waals surface area contributed by atoms with Gasteiger partial charge >= 0.3 is 23.9 Å². The lowest BCUT2D eigenvalue weighted by Crippen LogP contribution is -3.00. The van der Waals surface area contributed by atoms with Crippen LogP contribution in [0.15, 0.2) is 0 Å². The number of ether oxygens (including phenoxy) is 4. The molecule has 3 saturated heterocycles. The maximum atomic E-state index is 13.8. The number of nitrogens with one attached hydrogen (secondary N) is 1. The number of nitrogens with zero attached hydrogens (tertiary/aromatic N) is 1. The standard InChI is InChI=1S/C58H106N2O9.ClH/c1-5-8-11-14-17-20-23-26-29-32-35-38-54(62)66-48-58(49-67-55(63)39-36-33-30-27-24-21-18-15-12-9-6-2,50-68-56(64)40-37-34-31-28-25-22-19-16-13-10-7-3)59-53(61)41-42-57(65)69-52-47-60(4)45-43-51(52)44-46-60;/h51-52H,5-50H2,1-4H3;1H. The first-order chi connectivity index (χ1) is 33.5. The van der Waals surface area contributed by atoms with Crippen molar-refractivity contribution in [2.24, 2.45) is 5.92 Å². The van der Waals surface area contributed by atoms with E-state index < -0.39 is 35.3 Å². The Labute approximate surface area is 434 Å². The number of carbonyl (C=O) groups excluding carboxylic acids is 5. The van der Waals surface area contributed by atoms with E-state index in [2.05, 4.69) is 33.1 Å². The van der Waals surface area contributed by atoms with Crippen LogP contribution >= 0.6 is 0 Å². The number of quaternary nitrogens is 1. The average molecular weight is 1010 g/mol. The Kier molecular flexibility index (Phi) is 40.3. The van der Waals surface area contributed by atoms with Crippen LogP contribution in [0.2, 0.25) is 0 Å². The van der Waals surface area contributed by atoms with Crippen molar-refractivity contribution in [3.8, 4) is 0 Å². The maximum Gasteiger partial charge on any atom is 0.306 e. The van der Waals surface area contributed by atoms with Crippen LogP contribution in [0.3, 0.4) is 0 Å². The van der Waals surface area contributed by atoms with Crippen molar-refractivity contribution < 1.29 is 59.8 Å². The van der Waals surface area contributed by atoms with Gasteiger partial charge in [-0.05, 0) is 19.3 Å². The number of likely N-dealkylation sites (N-methyl/N-ethyl adjacent to an activating group) is 1. The smallest absolute Gasteiger partial charge is 0.306 e. The fourth-order valence-corrected chi connectivity index (χ4v) is 10.2. The number of fused-ring (bicyclic) bond motifs is 3. The Morgan fingerprint density at radius 2 is 0.729 bits per heavy atom. The molecule has 1 N–H and O–H groups in total. The summed E-state index contributed by atoms with van der Waals surface area (Å²) < 4.78 is 24.4. The van der Waals surface area contributed by atoms with E-state index in [4.69, 9.17) is 18.9 Å². The van der Waals surface area contributed by atoms with Crippen LogP contribution in [-0.4, -0.2) is 92.4 Å². The zero-order valence-electron chi connectivity index (χ0n) is 45.7. The molecule has 3 aliphatic heterocycles. The molecule has 3 heterocycles. The molecule has 0 radical (unpaired) electrons. The van der Waals surface area contributed by atoms with Gasteiger partial charge in [-0.25, -0.2) is 0 Å². The second-order valence-electron chi connectivity index (χ2n) is 21.8. The fraction of sp³-hybridized carbons (Fsp3) is 0.914. The predicted octanol–water partition coefficient (Wildman–Crippen LogP) is 11.1. The molecule has 0 aromatic heterocycles. The molecule has 0 aromatic rings. The number of halogens is 1. The number of piperidine rings is 3. The summed E-state index contributed by atoms with van der Waals surface area (Å²) in [5.41, 5.74) is -1.53. The van der Waals surface area contributed by atoms with Gasteiger partial charge in [0.05, 0.1) is 26.6 Å². The predicted molar refractivity (Wildman–Crippen MR) is 280 cm³/mol. The molecule has 1 amide bonds. The molecule has 3 fully saturated rings. The van der Waals surface area contributed by atoms with E-state index in [0.29, 0.717) is 25.2 Å². The lowest BCUT2D eigenvalue weighted by atomic mass is 9.84. The summed E-state index contributed by atoms with van der Waals surface area (Å²) >= 11 is 0. The number of hydrogen-bond acceptors (Lipinski definition) is 9. The van der Waals surface area contributed by atoms with Crippen LogP contribution in [0.5, 0.6) is 0 Å². The van der Waals surface area contributed by atoms with Crippen molar-refractivity contribution in [3.05, 3.63) is 0 Å². The van der Waals surface area contributed by atoms with Crippen LogP contribution in [-0.2, 0) is 42.9 Å². The van der Waals surface area contributed by atoms with E-state index in [1.54, 1.807) is 0 Å². The van der Waals surface area contributed by atoms with Crippen LogP contribution in [0.25, 0.3) is 0 Å². The van der Waals surface area contributed by atoms with Gasteiger partial charge in [0.15, 0.2) is 6.10 Å². The van der Waals surface area contributed by atoms with Gasteiger partial charge in [0, 0.05) is 44.4 Å². The molecular formula is C58H107ClN2O9. The first-order valence-electron chi connectivity index (χ1n) is 29.3. The SMILES string of the molecule is CCCCCCCCCCCCCC(=O)OCC(COC(=O)CCCCCCCCCCCCC)(COC(=O)CCCCCCCCCCCCC)NC(=O)CCC(=O)OC1C[N+]2(C)CCC1CC2.[Cl-]. The Hall–Kier alpha value is -2.40. The Morgan fingerprint density at radius 1 is 0.429 bits per heavy atom. The van der Waals surface area contributed by atoms with E-state index in [9.17, 15) is 24.0 Å². The molecule has 0 aliphatic carbocycles. The van der Waals surface area contributed by atoms with E-state index in [-0.39, 0.29) is 70.4 Å². The number of amides is 1. The summed E-state index contributed by atoms with van der Waals surface area (Å²) in [5, 5.41) is 2.94. The summed E-state index contributed by atoms with van der Waals surface area (Å²) in [4.78, 5) is 66.6. The molecule has 2 bridgehead atoms. The van der Waals surface area contributed by atoms with Gasteiger partial charge in [-0.2, -0.15) is 0 Å². The fourth-order valence-electron chi connectivity index (χ4n) is 10.2. The molecule has 11 nitrogen and oxygen atoms in total. The highest BCUT2D eigenvalue weighted by atomic mass is 35.5. The molecule has 0 aromatic carbocycles. The molecule has 70 heavy (non-hydrogen) atoms. The summed E-state index contributed by atoms with van der Waals surface area (Å²) in [6.07, 6.45) is 40.7. The van der Waals surface area contributed by atoms with Crippen LogP contribution in [0, 0.1) is 5.92 Å². The van der Waals surface area contributed by atoms with Gasteiger partial charge in [0.25, 0.3) is 0 Å². The molecule has 3 rings (SSSR count). The van der Waals surface area contributed by atoms with E-state index in [1.165, 1.54) is 135 Å². The van der Waals surface area contributed by atoms with Gasteiger partial charge in [-0.15, -0.1) is 0 Å². The first kappa shape index (κ1) is 65.6. The zero-order valence-corrected chi connectivity index (χ0v) is 46.4. The Balaban J connectivity index is 0.0000245. The van der Waals surface area contributed by atoms with Gasteiger partial charge in [-0.3, -0.25) is 24.0 Å². The summed E-state index contributed by atoms with van der Waals surface area (Å²) in [5.74, 6) is -1.81. The number of carbonyl (C=O) groups is 5. The van der Waals surface area contributed by atoms with Crippen molar-refractivity contribution in [2.45, 2.75) is 289 Å². The highest BCUT2D eigenvalue weighted by Crippen LogP contribution is 2.34. The van der Waals surface area contributed by atoms with Crippen LogP contribution in [0.4, 0.5) is 0 Å². The van der Waals surface area contributed by atoms with Gasteiger partial charge < -0.3 is 41.2 Å². The third-order valence-electron chi connectivity index (χ3n) is 15.0. The van der Waals surface area contributed by atoms with Crippen LogP contribution in [0.1, 0.15) is 278 Å². The van der Waals surface area contributed by atoms with Gasteiger partial charge in [0.2, 0.25) is 5.91 Å². The topological polar surface area (TPSA) is 134 Å². The van der Waals surface area contributed by atoms with E-state index in [1.807, 2.05) is 0 Å². The zero-order chi connectivity index (χ0) is 50.1. The highest BCUT2D eigenvalue weighted by Gasteiger charge is 2.45. The minimum absolute atomic E-state index is 0. The van der Waals surface area contributed by atoms with Crippen molar-refractivity contribution in [1.29, 1.82) is 0 Å². The lowest BCUT2D eigenvalue weighted by Gasteiger charge is -2.49. The molecule has 0 saturated carbocycles. The van der Waals surface area contributed by atoms with Gasteiger partial charge in [-0.1, -0.05) is 213 Å². The number of unbranched alkanes of at least 4 members (excludes halogenated alkanes) is 30. The Morgan fingerprint density at radius 3 is 1.03 bits per heavy atom. The van der Waals surface area contributed by atoms with Crippen molar-refractivity contribution in [2.75, 3.05) is 46.5 Å². The maximum absolute atomic E-state index is 13.8. The molecule has 0 spiro atoms. The summed E-state index contributed by atoms with van der Waals surface area (Å²) in [6.45, 7) is 8.70. The molecular weight excluding hydrogens is 904 g/mol. The molecule has 1 unspecified atom stereocenters. The van der Waals surface area contributed by atoms with Crippen molar-refractivity contribution in [1.82, 2.24) is 5.32 Å². The third kappa shape index (κ3) is 34.1. The quantitative estimate of drug-likeness (QED) is 0.0274. The van der Waals surface area contributed by atoms with Crippen molar-refractivity contribution >= 4 is 29.8 Å². The molecule has 3 aliphatic rings. The largest absolute Gasteiger partial charge is 1.00 e. The third-order valence-corrected chi connectivity index (χ3v) is 15.0. The minimum atomic E-state index is -1.53. The summed E-state index contributed by atoms with van der Waals surface area (Å²) in [7, 11) is 2.21. The summed E-state index contributed by atoms with van der Waals surface area (Å²) in [6, 6.07) is 0.